The maximum Gasteiger partial charge on any atom is 0.339 e. The molecule has 2 rings (SSSR count). The highest BCUT2D eigenvalue weighted by molar-refractivity contribution is 5.82. The van der Waals surface area contributed by atoms with Crippen LogP contribution in [0.3, 0.4) is 0 Å². The molecule has 4 heteroatoms. The van der Waals surface area contributed by atoms with Crippen molar-refractivity contribution in [2.45, 2.75) is 0 Å². The molecule has 0 saturated carbocycles. The highest BCUT2D eigenvalue weighted by Crippen LogP contribution is 2.22. The lowest BCUT2D eigenvalue weighted by molar-refractivity contribution is 0.0995. The van der Waals surface area contributed by atoms with E-state index in [0.29, 0.717) is 16.7 Å². The smallest absolute Gasteiger partial charge is 0.339 e. The second-order valence-electron chi connectivity index (χ2n) is 2.70. The van der Waals surface area contributed by atoms with Gasteiger partial charge in [0.25, 0.3) is 0 Å². The largest absolute Gasteiger partial charge is 0.467 e. The van der Waals surface area contributed by atoms with Crippen LogP contribution in [0, 0.1) is 0 Å². The standard InChI is InChI=1S/C10H8O4/c11-6-13-9-5-10(12)14-8-4-2-1-3-7(8)9/h1-5,11H,6H2. The van der Waals surface area contributed by atoms with Gasteiger partial charge in [-0.25, -0.2) is 4.79 Å². The van der Waals surface area contributed by atoms with Crippen molar-refractivity contribution in [1.29, 1.82) is 0 Å². The van der Waals surface area contributed by atoms with Gasteiger partial charge in [-0.2, -0.15) is 0 Å². The lowest BCUT2D eigenvalue weighted by atomic mass is 10.2. The van der Waals surface area contributed by atoms with Crippen LogP contribution >= 0.6 is 0 Å². The number of aliphatic hydroxyl groups excluding tert-OH is 1. The quantitative estimate of drug-likeness (QED) is 0.572. The van der Waals surface area contributed by atoms with Crippen LogP contribution in [0.15, 0.2) is 39.5 Å². The summed E-state index contributed by atoms with van der Waals surface area (Å²) in [6.07, 6.45) is 0. The first-order valence-electron chi connectivity index (χ1n) is 4.08. The zero-order valence-electron chi connectivity index (χ0n) is 7.27. The zero-order chi connectivity index (χ0) is 9.97. The molecule has 0 unspecified atom stereocenters. The molecule has 2 aromatic rings. The Bertz CT molecular complexity index is 501. The monoisotopic (exact) mass is 192 g/mol. The van der Waals surface area contributed by atoms with Crippen LogP contribution in [0.1, 0.15) is 0 Å². The van der Waals surface area contributed by atoms with Crippen LogP contribution in [0.2, 0.25) is 0 Å². The lowest BCUT2D eigenvalue weighted by Crippen LogP contribution is -2.02. The summed E-state index contributed by atoms with van der Waals surface area (Å²) < 4.78 is 9.83. The number of para-hydroxylation sites is 1. The van der Waals surface area contributed by atoms with Gasteiger partial charge >= 0.3 is 5.63 Å². The van der Waals surface area contributed by atoms with Crippen LogP contribution in [-0.4, -0.2) is 11.9 Å². The van der Waals surface area contributed by atoms with E-state index in [-0.39, 0.29) is 0 Å². The average molecular weight is 192 g/mol. The summed E-state index contributed by atoms with van der Waals surface area (Å²) in [5.74, 6) is 0.333. The SMILES string of the molecule is O=c1cc(OCO)c2ccccc2o1. The molecule has 1 aromatic carbocycles. The number of hydrogen-bond acceptors (Lipinski definition) is 4. The maximum absolute atomic E-state index is 11.1. The third-order valence-corrected chi connectivity index (χ3v) is 1.83. The van der Waals surface area contributed by atoms with Crippen LogP contribution in [-0.2, 0) is 0 Å². The molecule has 72 valence electrons. The topological polar surface area (TPSA) is 59.7 Å². The van der Waals surface area contributed by atoms with E-state index in [2.05, 4.69) is 0 Å². The molecule has 1 heterocycles. The molecule has 0 aliphatic carbocycles. The molecule has 14 heavy (non-hydrogen) atoms. The molecular weight excluding hydrogens is 184 g/mol. The molecule has 0 aliphatic rings. The second kappa shape index (κ2) is 3.51. The number of fused-ring (bicyclic) bond motifs is 1. The Morgan fingerprint density at radius 1 is 1.36 bits per heavy atom. The summed E-state index contributed by atoms with van der Waals surface area (Å²) in [6, 6.07) is 8.18. The Balaban J connectivity index is 2.73. The van der Waals surface area contributed by atoms with E-state index in [1.165, 1.54) is 6.07 Å². The third kappa shape index (κ3) is 1.47. The van der Waals surface area contributed by atoms with Crippen molar-refractivity contribution in [3.05, 3.63) is 40.8 Å². The van der Waals surface area contributed by atoms with Crippen molar-refractivity contribution in [2.24, 2.45) is 0 Å². The van der Waals surface area contributed by atoms with Crippen molar-refractivity contribution >= 4 is 11.0 Å². The number of benzene rings is 1. The van der Waals surface area contributed by atoms with Gasteiger partial charge in [0.15, 0.2) is 6.79 Å². The van der Waals surface area contributed by atoms with E-state index in [4.69, 9.17) is 14.3 Å². The molecular formula is C10H8O4. The van der Waals surface area contributed by atoms with E-state index in [1.807, 2.05) is 0 Å². The van der Waals surface area contributed by atoms with Gasteiger partial charge in [0, 0.05) is 0 Å². The zero-order valence-corrected chi connectivity index (χ0v) is 7.27. The van der Waals surface area contributed by atoms with Gasteiger partial charge in [-0.1, -0.05) is 12.1 Å². The first-order chi connectivity index (χ1) is 6.81. The Labute approximate surface area is 79.4 Å². The van der Waals surface area contributed by atoms with E-state index in [0.717, 1.165) is 0 Å². The summed E-state index contributed by atoms with van der Waals surface area (Å²) in [4.78, 5) is 11.1. The summed E-state index contributed by atoms with van der Waals surface area (Å²) in [5, 5.41) is 9.28. The number of rotatable bonds is 2. The van der Waals surface area contributed by atoms with Crippen LogP contribution < -0.4 is 10.4 Å². The van der Waals surface area contributed by atoms with E-state index in [9.17, 15) is 4.79 Å². The van der Waals surface area contributed by atoms with Gasteiger partial charge < -0.3 is 14.3 Å². The van der Waals surface area contributed by atoms with Crippen LogP contribution in [0.5, 0.6) is 5.75 Å². The Morgan fingerprint density at radius 3 is 2.93 bits per heavy atom. The highest BCUT2D eigenvalue weighted by atomic mass is 16.6. The lowest BCUT2D eigenvalue weighted by Gasteiger charge is -2.04. The van der Waals surface area contributed by atoms with Gasteiger partial charge in [-0.3, -0.25) is 0 Å². The van der Waals surface area contributed by atoms with Gasteiger partial charge in [-0.15, -0.1) is 0 Å². The number of aliphatic hydroxyl groups is 1. The van der Waals surface area contributed by atoms with Gasteiger partial charge in [0.05, 0.1) is 11.5 Å². The fourth-order valence-electron chi connectivity index (χ4n) is 1.27. The Morgan fingerprint density at radius 2 is 2.14 bits per heavy atom. The Hall–Kier alpha value is -1.81. The van der Waals surface area contributed by atoms with Crippen molar-refractivity contribution < 1.29 is 14.3 Å². The summed E-state index contributed by atoms with van der Waals surface area (Å²) in [6.45, 7) is -0.465. The highest BCUT2D eigenvalue weighted by Gasteiger charge is 2.04. The molecule has 0 bridgehead atoms. The molecule has 0 amide bonds. The molecule has 0 spiro atoms. The average Bonchev–Trinajstić information content (AvgIpc) is 2.18. The molecule has 1 aromatic heterocycles. The van der Waals surface area contributed by atoms with Crippen molar-refractivity contribution in [3.8, 4) is 5.75 Å². The van der Waals surface area contributed by atoms with Crippen LogP contribution in [0.4, 0.5) is 0 Å². The fraction of sp³-hybridized carbons (Fsp3) is 0.100. The molecule has 1 N–H and O–H groups in total. The minimum absolute atomic E-state index is 0.333. The maximum atomic E-state index is 11.1. The first-order valence-corrected chi connectivity index (χ1v) is 4.08. The van der Waals surface area contributed by atoms with Crippen molar-refractivity contribution in [1.82, 2.24) is 0 Å². The van der Waals surface area contributed by atoms with Gasteiger partial charge in [0.1, 0.15) is 11.3 Å². The molecule has 0 saturated heterocycles. The fourth-order valence-corrected chi connectivity index (χ4v) is 1.27. The minimum Gasteiger partial charge on any atom is -0.467 e. The van der Waals surface area contributed by atoms with Crippen molar-refractivity contribution in [2.75, 3.05) is 6.79 Å². The predicted molar refractivity (Wildman–Crippen MR) is 50.2 cm³/mol. The minimum atomic E-state index is -0.493. The predicted octanol–water partition coefficient (Wildman–Crippen LogP) is 1.12. The second-order valence-corrected chi connectivity index (χ2v) is 2.70. The van der Waals surface area contributed by atoms with E-state index in [1.54, 1.807) is 24.3 Å². The third-order valence-electron chi connectivity index (χ3n) is 1.83. The number of ether oxygens (including phenoxy) is 1. The van der Waals surface area contributed by atoms with Gasteiger partial charge in [-0.05, 0) is 12.1 Å². The molecule has 0 aliphatic heterocycles. The van der Waals surface area contributed by atoms with Crippen molar-refractivity contribution in [3.63, 3.8) is 0 Å². The number of hydrogen-bond donors (Lipinski definition) is 1. The summed E-state index contributed by atoms with van der Waals surface area (Å²) in [5.41, 5.74) is -0.0457. The normalized spacial score (nSPS) is 10.4. The summed E-state index contributed by atoms with van der Waals surface area (Å²) in [7, 11) is 0. The molecule has 0 atom stereocenters. The first kappa shape index (κ1) is 8.77. The molecule has 4 nitrogen and oxygen atoms in total. The molecule has 0 fully saturated rings. The molecule has 0 radical (unpaired) electrons. The van der Waals surface area contributed by atoms with E-state index >= 15 is 0 Å². The van der Waals surface area contributed by atoms with Gasteiger partial charge in [0.2, 0.25) is 0 Å². The summed E-state index contributed by atoms with van der Waals surface area (Å²) >= 11 is 0. The van der Waals surface area contributed by atoms with Crippen LogP contribution in [0.25, 0.3) is 11.0 Å². The van der Waals surface area contributed by atoms with E-state index < -0.39 is 12.4 Å². The Kier molecular flexibility index (Phi) is 2.20.